The highest BCUT2D eigenvalue weighted by Gasteiger charge is 2.63. The summed E-state index contributed by atoms with van der Waals surface area (Å²) in [6, 6.07) is 14.4. The van der Waals surface area contributed by atoms with Crippen molar-refractivity contribution in [1.82, 2.24) is 4.31 Å². The minimum Gasteiger partial charge on any atom is -0.395 e. The number of non-ortho nitro benzene ring substituents is 1. The van der Waals surface area contributed by atoms with Gasteiger partial charge in [-0.3, -0.25) is 10.1 Å². The lowest BCUT2D eigenvalue weighted by molar-refractivity contribution is -0.384. The van der Waals surface area contributed by atoms with Crippen LogP contribution in [0.2, 0.25) is 0 Å². The number of hydrogen-bond donors (Lipinski definition) is 1. The number of rotatable bonds is 6. The maximum absolute atomic E-state index is 13.6. The van der Waals surface area contributed by atoms with E-state index in [9.17, 15) is 28.9 Å². The molecule has 3 atom stereocenters. The highest BCUT2D eigenvalue weighted by Crippen LogP contribution is 2.59. The van der Waals surface area contributed by atoms with E-state index in [2.05, 4.69) is 12.6 Å². The van der Waals surface area contributed by atoms with E-state index < -0.39 is 38.4 Å². The predicted octanol–water partition coefficient (Wildman–Crippen LogP) is 3.03. The van der Waals surface area contributed by atoms with Gasteiger partial charge in [0.25, 0.3) is 5.69 Å². The third-order valence-corrected chi connectivity index (χ3v) is 7.75. The van der Waals surface area contributed by atoms with E-state index >= 15 is 0 Å². The van der Waals surface area contributed by atoms with Gasteiger partial charge in [0.15, 0.2) is 0 Å². The Balaban J connectivity index is 2.22. The van der Waals surface area contributed by atoms with Gasteiger partial charge < -0.3 is 5.11 Å². The van der Waals surface area contributed by atoms with Crippen LogP contribution in [-0.2, 0) is 10.0 Å². The third kappa shape index (κ3) is 3.10. The van der Waals surface area contributed by atoms with Gasteiger partial charge in [-0.05, 0) is 17.7 Å². The Bertz CT molecular complexity index is 1110. The zero-order chi connectivity index (χ0) is 22.2. The third-order valence-electron chi connectivity index (χ3n) is 5.93. The van der Waals surface area contributed by atoms with Crippen LogP contribution in [0.25, 0.3) is 0 Å². The number of hydrogen-bond acceptors (Lipinski definition) is 6. The van der Waals surface area contributed by atoms with Gasteiger partial charge in [0, 0.05) is 24.1 Å². The molecular weight excluding hydrogens is 406 g/mol. The molecule has 0 unspecified atom stereocenters. The molecule has 0 aliphatic carbocycles. The normalized spacial score (nSPS) is 26.8. The van der Waals surface area contributed by atoms with E-state index in [0.717, 1.165) is 12.1 Å². The van der Waals surface area contributed by atoms with Gasteiger partial charge in [-0.25, -0.2) is 8.42 Å². The first-order valence-electron chi connectivity index (χ1n) is 9.14. The van der Waals surface area contributed by atoms with Crippen molar-refractivity contribution in [2.45, 2.75) is 17.9 Å². The number of nitriles is 1. The Hall–Kier alpha value is -3.06. The second kappa shape index (κ2) is 7.65. The SMILES string of the molecule is C=C[C@]1(C)CN(S(=O)(=O)c2ccc([N+](=O)[O-])cc2)[C@@H](c2ccccc2)[C@]1(C#N)CO. The maximum atomic E-state index is 13.6. The van der Waals surface area contributed by atoms with E-state index in [0.29, 0.717) is 5.56 Å². The van der Waals surface area contributed by atoms with Crippen molar-refractivity contribution in [1.29, 1.82) is 5.26 Å². The van der Waals surface area contributed by atoms with Crippen molar-refractivity contribution in [3.63, 3.8) is 0 Å². The predicted molar refractivity (Wildman–Crippen MR) is 110 cm³/mol. The molecule has 30 heavy (non-hydrogen) atoms. The molecule has 1 aliphatic heterocycles. The van der Waals surface area contributed by atoms with E-state index in [1.54, 1.807) is 37.3 Å². The molecule has 0 saturated carbocycles. The number of nitro groups is 1. The first-order chi connectivity index (χ1) is 14.2. The van der Waals surface area contributed by atoms with Crippen molar-refractivity contribution in [3.05, 3.63) is 82.9 Å². The summed E-state index contributed by atoms with van der Waals surface area (Å²) in [6.45, 7) is 4.84. The van der Waals surface area contributed by atoms with Crippen molar-refractivity contribution in [2.75, 3.05) is 13.2 Å². The first kappa shape index (κ1) is 21.6. The molecule has 9 heteroatoms. The van der Waals surface area contributed by atoms with E-state index in [4.69, 9.17) is 0 Å². The summed E-state index contributed by atoms with van der Waals surface area (Å²) in [6.07, 6.45) is 1.51. The van der Waals surface area contributed by atoms with Gasteiger partial charge in [0.2, 0.25) is 10.0 Å². The summed E-state index contributed by atoms with van der Waals surface area (Å²) in [5.74, 6) is 0. The fraction of sp³-hybridized carbons (Fsp3) is 0.286. The summed E-state index contributed by atoms with van der Waals surface area (Å²) in [5.41, 5.74) is -2.17. The molecular formula is C21H21N3O5S. The van der Waals surface area contributed by atoms with Crippen LogP contribution in [0.1, 0.15) is 18.5 Å². The summed E-state index contributed by atoms with van der Waals surface area (Å²) < 4.78 is 28.3. The summed E-state index contributed by atoms with van der Waals surface area (Å²) in [4.78, 5) is 10.2. The number of benzene rings is 2. The molecule has 0 aromatic heterocycles. The molecule has 1 aliphatic rings. The minimum absolute atomic E-state index is 0.0799. The van der Waals surface area contributed by atoms with Crippen LogP contribution in [0.3, 0.4) is 0 Å². The van der Waals surface area contributed by atoms with E-state index in [-0.39, 0.29) is 17.1 Å². The van der Waals surface area contributed by atoms with Crippen LogP contribution < -0.4 is 0 Å². The van der Waals surface area contributed by atoms with Crippen LogP contribution in [-0.4, -0.2) is 35.9 Å². The summed E-state index contributed by atoms with van der Waals surface area (Å²) in [7, 11) is -4.15. The van der Waals surface area contributed by atoms with Crippen molar-refractivity contribution in [2.24, 2.45) is 10.8 Å². The van der Waals surface area contributed by atoms with E-state index in [1.807, 2.05) is 0 Å². The lowest BCUT2D eigenvalue weighted by Gasteiger charge is -2.37. The van der Waals surface area contributed by atoms with Gasteiger partial charge in [0.1, 0.15) is 5.41 Å². The fourth-order valence-corrected chi connectivity index (χ4v) is 5.81. The van der Waals surface area contributed by atoms with Gasteiger partial charge in [-0.1, -0.05) is 43.3 Å². The van der Waals surface area contributed by atoms with Crippen LogP contribution in [0.4, 0.5) is 5.69 Å². The van der Waals surface area contributed by atoms with Crippen LogP contribution in [0.15, 0.2) is 72.1 Å². The lowest BCUT2D eigenvalue weighted by atomic mass is 9.63. The average molecular weight is 427 g/mol. The molecule has 0 spiro atoms. The van der Waals surface area contributed by atoms with Crippen molar-refractivity contribution >= 4 is 15.7 Å². The molecule has 1 heterocycles. The Kier molecular flexibility index (Phi) is 5.52. The lowest BCUT2D eigenvalue weighted by Crippen LogP contribution is -2.41. The Morgan fingerprint density at radius 1 is 1.30 bits per heavy atom. The molecule has 8 nitrogen and oxygen atoms in total. The molecule has 3 rings (SSSR count). The van der Waals surface area contributed by atoms with Crippen molar-refractivity contribution in [3.8, 4) is 6.07 Å². The second-order valence-corrected chi connectivity index (χ2v) is 9.37. The molecule has 0 amide bonds. The molecule has 0 radical (unpaired) electrons. The average Bonchev–Trinajstić information content (AvgIpc) is 3.04. The topological polar surface area (TPSA) is 125 Å². The number of aliphatic hydroxyl groups excluding tert-OH is 1. The van der Waals surface area contributed by atoms with Gasteiger partial charge in [0.05, 0.1) is 28.5 Å². The van der Waals surface area contributed by atoms with E-state index in [1.165, 1.54) is 22.5 Å². The standard InChI is InChI=1S/C21H21N3O5S/c1-3-20(2)14-23(30(28,29)18-11-9-17(10-12-18)24(26)27)19(21(20,13-22)15-25)16-7-5-4-6-8-16/h3-12,19,25H,1,14-15H2,2H3/t19-,20+,21-/m0/s1. The molecule has 1 N–H and O–H groups in total. The molecule has 156 valence electrons. The minimum atomic E-state index is -4.15. The first-order valence-corrected chi connectivity index (χ1v) is 10.6. The van der Waals surface area contributed by atoms with Crippen LogP contribution in [0.5, 0.6) is 0 Å². The summed E-state index contributed by atoms with van der Waals surface area (Å²) >= 11 is 0. The van der Waals surface area contributed by atoms with Gasteiger partial charge in [-0.2, -0.15) is 9.57 Å². The fourth-order valence-electron chi connectivity index (χ4n) is 4.04. The Morgan fingerprint density at radius 2 is 1.90 bits per heavy atom. The number of aliphatic hydroxyl groups is 1. The second-order valence-electron chi connectivity index (χ2n) is 7.48. The molecule has 1 fully saturated rings. The highest BCUT2D eigenvalue weighted by atomic mass is 32.2. The summed E-state index contributed by atoms with van der Waals surface area (Å²) in [5, 5.41) is 31.3. The van der Waals surface area contributed by atoms with Crippen LogP contribution in [0, 0.1) is 32.3 Å². The quantitative estimate of drug-likeness (QED) is 0.429. The zero-order valence-electron chi connectivity index (χ0n) is 16.3. The number of nitro benzene ring substituents is 1. The van der Waals surface area contributed by atoms with Crippen molar-refractivity contribution < 1.29 is 18.4 Å². The molecule has 0 bridgehead atoms. The van der Waals surface area contributed by atoms with Crippen LogP contribution >= 0.6 is 0 Å². The monoisotopic (exact) mass is 427 g/mol. The highest BCUT2D eigenvalue weighted by molar-refractivity contribution is 7.89. The largest absolute Gasteiger partial charge is 0.395 e. The number of nitrogens with zero attached hydrogens (tertiary/aromatic N) is 3. The maximum Gasteiger partial charge on any atom is 0.269 e. The van der Waals surface area contributed by atoms with Gasteiger partial charge in [-0.15, -0.1) is 6.58 Å². The zero-order valence-corrected chi connectivity index (χ0v) is 17.1. The van der Waals surface area contributed by atoms with Gasteiger partial charge >= 0.3 is 0 Å². The Labute approximate surface area is 174 Å². The number of sulfonamides is 1. The molecule has 1 saturated heterocycles. The molecule has 2 aromatic rings. The molecule has 2 aromatic carbocycles. The smallest absolute Gasteiger partial charge is 0.269 e. The Morgan fingerprint density at radius 3 is 2.37 bits per heavy atom.